The molecular weight excluding hydrogens is 309 g/mol. The first-order chi connectivity index (χ1) is 11.6. The predicted molar refractivity (Wildman–Crippen MR) is 90.5 cm³/mol. The third-order valence-electron chi connectivity index (χ3n) is 3.90. The lowest BCUT2D eigenvalue weighted by molar-refractivity contribution is 0.0804. The average molecular weight is 333 g/mol. The van der Waals surface area contributed by atoms with Gasteiger partial charge in [-0.2, -0.15) is 9.67 Å². The summed E-state index contributed by atoms with van der Waals surface area (Å²) in [5.41, 5.74) is 0.507. The van der Waals surface area contributed by atoms with Crippen LogP contribution in [-0.4, -0.2) is 27.3 Å². The SMILES string of the molecule is CCCCC(CC)C(=O)n1nc(OCC)nc1-c1cccc(F)c1. The van der Waals surface area contributed by atoms with Crippen molar-refractivity contribution in [2.45, 2.75) is 46.5 Å². The molecule has 0 fully saturated rings. The van der Waals surface area contributed by atoms with E-state index in [2.05, 4.69) is 17.0 Å². The second kappa shape index (κ2) is 8.57. The second-order valence-electron chi connectivity index (χ2n) is 5.66. The highest BCUT2D eigenvalue weighted by atomic mass is 19.1. The summed E-state index contributed by atoms with van der Waals surface area (Å²) in [6.45, 7) is 6.30. The molecular formula is C18H24FN3O2. The van der Waals surface area contributed by atoms with Crippen molar-refractivity contribution in [1.82, 2.24) is 14.8 Å². The fourth-order valence-corrected chi connectivity index (χ4v) is 2.58. The van der Waals surface area contributed by atoms with E-state index in [4.69, 9.17) is 4.74 Å². The summed E-state index contributed by atoms with van der Waals surface area (Å²) in [6.07, 6.45) is 3.54. The Balaban J connectivity index is 2.41. The lowest BCUT2D eigenvalue weighted by Crippen LogP contribution is -2.23. The minimum absolute atomic E-state index is 0.122. The van der Waals surface area contributed by atoms with E-state index in [1.54, 1.807) is 12.1 Å². The van der Waals surface area contributed by atoms with Gasteiger partial charge in [-0.05, 0) is 31.9 Å². The zero-order chi connectivity index (χ0) is 17.5. The van der Waals surface area contributed by atoms with Crippen LogP contribution in [0.15, 0.2) is 24.3 Å². The van der Waals surface area contributed by atoms with Gasteiger partial charge in [0.2, 0.25) is 0 Å². The summed E-state index contributed by atoms with van der Waals surface area (Å²) >= 11 is 0. The van der Waals surface area contributed by atoms with Crippen molar-refractivity contribution < 1.29 is 13.9 Å². The van der Waals surface area contributed by atoms with Gasteiger partial charge in [-0.3, -0.25) is 4.79 Å². The van der Waals surface area contributed by atoms with Crippen molar-refractivity contribution in [3.63, 3.8) is 0 Å². The highest BCUT2D eigenvalue weighted by Gasteiger charge is 2.24. The van der Waals surface area contributed by atoms with Crippen LogP contribution in [0.4, 0.5) is 4.39 Å². The van der Waals surface area contributed by atoms with Crippen molar-refractivity contribution in [3.05, 3.63) is 30.1 Å². The van der Waals surface area contributed by atoms with Gasteiger partial charge in [0, 0.05) is 11.5 Å². The Morgan fingerprint density at radius 2 is 2.12 bits per heavy atom. The molecule has 1 aromatic heterocycles. The van der Waals surface area contributed by atoms with Crippen LogP contribution in [0, 0.1) is 11.7 Å². The van der Waals surface area contributed by atoms with Crippen molar-refractivity contribution in [2.24, 2.45) is 5.92 Å². The van der Waals surface area contributed by atoms with Gasteiger partial charge in [-0.15, -0.1) is 5.10 Å². The molecule has 0 N–H and O–H groups in total. The van der Waals surface area contributed by atoms with E-state index in [9.17, 15) is 9.18 Å². The Morgan fingerprint density at radius 1 is 1.33 bits per heavy atom. The van der Waals surface area contributed by atoms with E-state index in [1.165, 1.54) is 16.8 Å². The molecule has 5 nitrogen and oxygen atoms in total. The van der Waals surface area contributed by atoms with Gasteiger partial charge in [0.15, 0.2) is 5.82 Å². The maximum atomic E-state index is 13.6. The second-order valence-corrected chi connectivity index (χ2v) is 5.66. The number of carbonyl (C=O) groups is 1. The molecule has 24 heavy (non-hydrogen) atoms. The number of unbranched alkanes of at least 4 members (excludes halogenated alkanes) is 1. The summed E-state index contributed by atoms with van der Waals surface area (Å²) < 4.78 is 20.2. The van der Waals surface area contributed by atoms with Crippen LogP contribution in [0.25, 0.3) is 11.4 Å². The molecule has 0 radical (unpaired) electrons. The largest absolute Gasteiger partial charge is 0.463 e. The van der Waals surface area contributed by atoms with Gasteiger partial charge in [0.25, 0.3) is 5.91 Å². The van der Waals surface area contributed by atoms with Crippen LogP contribution in [-0.2, 0) is 0 Å². The monoisotopic (exact) mass is 333 g/mol. The molecule has 1 aromatic carbocycles. The molecule has 0 aliphatic carbocycles. The summed E-state index contributed by atoms with van der Waals surface area (Å²) in [6, 6.07) is 6.13. The van der Waals surface area contributed by atoms with E-state index >= 15 is 0 Å². The number of aromatic nitrogens is 3. The molecule has 1 heterocycles. The fraction of sp³-hybridized carbons (Fsp3) is 0.500. The number of halogens is 1. The Morgan fingerprint density at radius 3 is 2.75 bits per heavy atom. The molecule has 0 spiro atoms. The summed E-state index contributed by atoms with van der Waals surface area (Å²) in [5, 5.41) is 4.19. The number of ether oxygens (including phenoxy) is 1. The standard InChI is InChI=1S/C18H24FN3O2/c1-4-7-9-13(5-2)17(23)22-16(20-18(21-22)24-6-3)14-10-8-11-15(19)12-14/h8,10-13H,4-7,9H2,1-3H3. The first kappa shape index (κ1) is 18.1. The topological polar surface area (TPSA) is 57.0 Å². The third kappa shape index (κ3) is 4.19. The van der Waals surface area contributed by atoms with Crippen LogP contribution in [0.1, 0.15) is 51.2 Å². The first-order valence-electron chi connectivity index (χ1n) is 8.50. The molecule has 1 atom stereocenters. The molecule has 2 rings (SSSR count). The first-order valence-corrected chi connectivity index (χ1v) is 8.50. The van der Waals surface area contributed by atoms with Gasteiger partial charge >= 0.3 is 6.01 Å². The molecule has 0 saturated carbocycles. The highest BCUT2D eigenvalue weighted by molar-refractivity contribution is 5.84. The normalized spacial score (nSPS) is 12.2. The lowest BCUT2D eigenvalue weighted by atomic mass is 9.98. The number of hydrogen-bond acceptors (Lipinski definition) is 4. The van der Waals surface area contributed by atoms with E-state index < -0.39 is 0 Å². The van der Waals surface area contributed by atoms with E-state index in [0.29, 0.717) is 18.0 Å². The summed E-state index contributed by atoms with van der Waals surface area (Å²) in [5.74, 6) is -0.319. The van der Waals surface area contributed by atoms with Crippen LogP contribution in [0.3, 0.4) is 0 Å². The molecule has 2 aromatic rings. The van der Waals surface area contributed by atoms with Gasteiger partial charge in [-0.1, -0.05) is 38.8 Å². The van der Waals surface area contributed by atoms with Gasteiger partial charge in [0.1, 0.15) is 5.82 Å². The maximum Gasteiger partial charge on any atom is 0.336 e. The van der Waals surface area contributed by atoms with E-state index in [1.807, 2.05) is 13.8 Å². The van der Waals surface area contributed by atoms with Crippen molar-refractivity contribution in [2.75, 3.05) is 6.61 Å². The molecule has 0 aliphatic heterocycles. The molecule has 6 heteroatoms. The Kier molecular flexibility index (Phi) is 6.46. The van der Waals surface area contributed by atoms with Crippen molar-refractivity contribution in [1.29, 1.82) is 0 Å². The number of rotatable bonds is 8. The van der Waals surface area contributed by atoms with Crippen molar-refractivity contribution >= 4 is 5.91 Å². The Hall–Kier alpha value is -2.24. The fourth-order valence-electron chi connectivity index (χ4n) is 2.58. The maximum absolute atomic E-state index is 13.6. The molecule has 0 amide bonds. The van der Waals surface area contributed by atoms with Gasteiger partial charge in [0.05, 0.1) is 6.61 Å². The quantitative estimate of drug-likeness (QED) is 0.721. The Labute approximate surface area is 141 Å². The summed E-state index contributed by atoms with van der Waals surface area (Å²) in [4.78, 5) is 17.2. The molecule has 0 saturated heterocycles. The zero-order valence-corrected chi connectivity index (χ0v) is 14.5. The minimum atomic E-state index is -0.384. The zero-order valence-electron chi connectivity index (χ0n) is 14.5. The lowest BCUT2D eigenvalue weighted by Gasteiger charge is -2.14. The minimum Gasteiger partial charge on any atom is -0.463 e. The number of nitrogens with zero attached hydrogens (tertiary/aromatic N) is 3. The van der Waals surface area contributed by atoms with Crippen LogP contribution in [0.5, 0.6) is 6.01 Å². The van der Waals surface area contributed by atoms with E-state index in [0.717, 1.165) is 25.7 Å². The van der Waals surface area contributed by atoms with Crippen LogP contribution in [0.2, 0.25) is 0 Å². The molecule has 1 unspecified atom stereocenters. The summed E-state index contributed by atoms with van der Waals surface area (Å²) in [7, 11) is 0. The molecule has 0 bridgehead atoms. The third-order valence-corrected chi connectivity index (χ3v) is 3.90. The predicted octanol–water partition coefficient (Wildman–Crippen LogP) is 4.34. The van der Waals surface area contributed by atoms with E-state index in [-0.39, 0.29) is 23.7 Å². The number of benzene rings is 1. The number of carbonyl (C=O) groups excluding carboxylic acids is 1. The van der Waals surface area contributed by atoms with Gasteiger partial charge in [-0.25, -0.2) is 4.39 Å². The number of hydrogen-bond donors (Lipinski definition) is 0. The molecule has 130 valence electrons. The highest BCUT2D eigenvalue weighted by Crippen LogP contribution is 2.24. The van der Waals surface area contributed by atoms with Crippen LogP contribution >= 0.6 is 0 Å². The van der Waals surface area contributed by atoms with Gasteiger partial charge < -0.3 is 4.74 Å². The van der Waals surface area contributed by atoms with Crippen LogP contribution < -0.4 is 4.74 Å². The average Bonchev–Trinajstić information content (AvgIpc) is 2.99. The smallest absolute Gasteiger partial charge is 0.336 e. The Bertz CT molecular complexity index is 685. The van der Waals surface area contributed by atoms with Crippen molar-refractivity contribution in [3.8, 4) is 17.4 Å². The molecule has 0 aliphatic rings.